The number of aromatic nitrogens is 1. The van der Waals surface area contributed by atoms with Crippen molar-refractivity contribution in [3.63, 3.8) is 0 Å². The molecule has 1 N–H and O–H groups in total. The minimum absolute atomic E-state index is 0.196. The first-order valence-corrected chi connectivity index (χ1v) is 11.9. The second kappa shape index (κ2) is 9.79. The number of nitrogens with one attached hydrogen (secondary N) is 1. The van der Waals surface area contributed by atoms with Crippen molar-refractivity contribution < 1.29 is 19.1 Å². The lowest BCUT2D eigenvalue weighted by Gasteiger charge is -2.10. The van der Waals surface area contributed by atoms with Crippen LogP contribution in [-0.2, 0) is 17.7 Å². The third kappa shape index (κ3) is 4.39. The van der Waals surface area contributed by atoms with E-state index in [9.17, 15) is 14.4 Å². The third-order valence-electron chi connectivity index (χ3n) is 5.77. The largest absolute Gasteiger partial charge is 0.462 e. The quantitative estimate of drug-likeness (QED) is 0.492. The number of carbonyl (C=O) groups is 3. The summed E-state index contributed by atoms with van der Waals surface area (Å²) in [6.07, 6.45) is 0.911. The molecular formula is C25H31N3O4S. The smallest absolute Gasteiger partial charge is 0.341 e. The molecule has 2 heterocycles. The lowest BCUT2D eigenvalue weighted by Crippen LogP contribution is -2.21. The second-order valence-electron chi connectivity index (χ2n) is 8.06. The summed E-state index contributed by atoms with van der Waals surface area (Å²) in [6.45, 7) is 10.3. The van der Waals surface area contributed by atoms with Crippen LogP contribution in [0.5, 0.6) is 0 Å². The Morgan fingerprint density at radius 2 is 1.79 bits per heavy atom. The summed E-state index contributed by atoms with van der Waals surface area (Å²) >= 11 is 1.10. The van der Waals surface area contributed by atoms with Crippen LogP contribution in [-0.4, -0.2) is 48.0 Å². The van der Waals surface area contributed by atoms with Gasteiger partial charge in [-0.25, -0.2) is 4.79 Å². The molecule has 0 fully saturated rings. The molecule has 1 aromatic carbocycles. The zero-order valence-corrected chi connectivity index (χ0v) is 21.1. The molecule has 0 aliphatic heterocycles. The summed E-state index contributed by atoms with van der Waals surface area (Å²) < 4.78 is 7.20. The highest BCUT2D eigenvalue weighted by atomic mass is 32.1. The number of benzene rings is 1. The molecule has 7 nitrogen and oxygen atoms in total. The van der Waals surface area contributed by atoms with E-state index in [-0.39, 0.29) is 24.0 Å². The number of hydrogen-bond donors (Lipinski definition) is 1. The number of hydrogen-bond acceptors (Lipinski definition) is 5. The fourth-order valence-electron chi connectivity index (χ4n) is 4.03. The number of fused-ring (bicyclic) bond motifs is 1. The van der Waals surface area contributed by atoms with Crippen molar-refractivity contribution in [1.29, 1.82) is 0 Å². The zero-order valence-electron chi connectivity index (χ0n) is 20.3. The maximum atomic E-state index is 13.5. The van der Waals surface area contributed by atoms with E-state index >= 15 is 0 Å². The Kier molecular flexibility index (Phi) is 7.27. The van der Waals surface area contributed by atoms with E-state index in [0.717, 1.165) is 34.2 Å². The molecule has 0 saturated carbocycles. The van der Waals surface area contributed by atoms with Crippen LogP contribution in [0.1, 0.15) is 68.0 Å². The van der Waals surface area contributed by atoms with E-state index in [1.165, 1.54) is 10.5 Å². The fourth-order valence-corrected chi connectivity index (χ4v) is 5.24. The number of esters is 1. The molecule has 176 valence electrons. The van der Waals surface area contributed by atoms with Gasteiger partial charge in [-0.05, 0) is 62.9 Å². The van der Waals surface area contributed by atoms with Gasteiger partial charge in [0.15, 0.2) is 0 Å². The number of aryl methyl sites for hydroxylation is 3. The number of carbonyl (C=O) groups excluding carboxylic acids is 3. The molecule has 0 bridgehead atoms. The van der Waals surface area contributed by atoms with Crippen molar-refractivity contribution in [2.24, 2.45) is 0 Å². The van der Waals surface area contributed by atoms with Crippen LogP contribution in [0.4, 0.5) is 5.00 Å². The molecule has 3 aromatic rings. The number of thiophene rings is 1. The monoisotopic (exact) mass is 469 g/mol. The van der Waals surface area contributed by atoms with Gasteiger partial charge in [-0.2, -0.15) is 0 Å². The Balaban J connectivity index is 2.11. The van der Waals surface area contributed by atoms with Crippen LogP contribution in [0.3, 0.4) is 0 Å². The summed E-state index contributed by atoms with van der Waals surface area (Å²) in [7, 11) is 3.30. The molecule has 0 spiro atoms. The third-order valence-corrected chi connectivity index (χ3v) is 6.97. The SMILES string of the molecule is CCOC(=O)c1c(NC(=O)c2c(C)c3cc(CC)ccc3n2CC)sc(C(=O)N(C)C)c1C. The minimum atomic E-state index is -0.556. The Morgan fingerprint density at radius 3 is 2.36 bits per heavy atom. The molecule has 0 saturated heterocycles. The van der Waals surface area contributed by atoms with Crippen LogP contribution in [0.15, 0.2) is 18.2 Å². The van der Waals surface area contributed by atoms with E-state index in [0.29, 0.717) is 27.7 Å². The highest BCUT2D eigenvalue weighted by Gasteiger charge is 2.29. The molecule has 2 amide bonds. The van der Waals surface area contributed by atoms with E-state index in [1.807, 2.05) is 18.4 Å². The first-order chi connectivity index (χ1) is 15.7. The number of rotatable bonds is 7. The molecule has 33 heavy (non-hydrogen) atoms. The fraction of sp³-hybridized carbons (Fsp3) is 0.400. The molecule has 0 unspecified atom stereocenters. The van der Waals surface area contributed by atoms with Crippen LogP contribution in [0.25, 0.3) is 10.9 Å². The van der Waals surface area contributed by atoms with Gasteiger partial charge in [-0.1, -0.05) is 13.0 Å². The average Bonchev–Trinajstić information content (AvgIpc) is 3.26. The highest BCUT2D eigenvalue weighted by molar-refractivity contribution is 7.18. The maximum Gasteiger partial charge on any atom is 0.341 e. The predicted molar refractivity (Wildman–Crippen MR) is 133 cm³/mol. The number of ether oxygens (including phenoxy) is 1. The number of anilines is 1. The summed E-state index contributed by atoms with van der Waals surface area (Å²) in [5.74, 6) is -1.10. The number of amides is 2. The zero-order chi connectivity index (χ0) is 24.4. The van der Waals surface area contributed by atoms with Crippen LogP contribution in [0.2, 0.25) is 0 Å². The number of nitrogens with zero attached hydrogens (tertiary/aromatic N) is 2. The molecule has 3 rings (SSSR count). The highest BCUT2D eigenvalue weighted by Crippen LogP contribution is 2.35. The summed E-state index contributed by atoms with van der Waals surface area (Å²) in [4.78, 5) is 40.8. The van der Waals surface area contributed by atoms with Gasteiger partial charge in [0.2, 0.25) is 0 Å². The van der Waals surface area contributed by atoms with Gasteiger partial charge in [0, 0.05) is 31.5 Å². The van der Waals surface area contributed by atoms with Gasteiger partial charge in [0.25, 0.3) is 11.8 Å². The molecule has 0 aliphatic carbocycles. The van der Waals surface area contributed by atoms with E-state index in [2.05, 4.69) is 30.4 Å². The standard InChI is InChI=1S/C25H31N3O4S/c1-8-16-11-12-18-17(13-16)14(4)20(28(18)9-2)22(29)26-23-19(25(31)32-10-3)15(5)21(33-23)24(30)27(6)7/h11-13H,8-10H2,1-7H3,(H,26,29). The predicted octanol–water partition coefficient (Wildman–Crippen LogP) is 5.03. The van der Waals surface area contributed by atoms with Crippen molar-refractivity contribution in [3.05, 3.63) is 51.0 Å². The molecule has 2 aromatic heterocycles. The topological polar surface area (TPSA) is 80.6 Å². The van der Waals surface area contributed by atoms with Gasteiger partial charge in [-0.3, -0.25) is 9.59 Å². The van der Waals surface area contributed by atoms with Gasteiger partial charge >= 0.3 is 5.97 Å². The molecule has 0 atom stereocenters. The van der Waals surface area contributed by atoms with Crippen LogP contribution in [0, 0.1) is 13.8 Å². The van der Waals surface area contributed by atoms with E-state index in [4.69, 9.17) is 4.74 Å². The summed E-state index contributed by atoms with van der Waals surface area (Å²) in [6, 6.07) is 6.26. The minimum Gasteiger partial charge on any atom is -0.462 e. The first kappa shape index (κ1) is 24.5. The van der Waals surface area contributed by atoms with Gasteiger partial charge < -0.3 is 19.5 Å². The van der Waals surface area contributed by atoms with Crippen molar-refractivity contribution in [3.8, 4) is 0 Å². The maximum absolute atomic E-state index is 13.5. The molecular weight excluding hydrogens is 438 g/mol. The van der Waals surface area contributed by atoms with Gasteiger partial charge in [0.05, 0.1) is 17.0 Å². The Morgan fingerprint density at radius 1 is 1.09 bits per heavy atom. The molecule has 8 heteroatoms. The average molecular weight is 470 g/mol. The molecule has 0 aliphatic rings. The first-order valence-electron chi connectivity index (χ1n) is 11.1. The lowest BCUT2D eigenvalue weighted by atomic mass is 10.1. The summed E-state index contributed by atoms with van der Waals surface area (Å²) in [5, 5.41) is 4.28. The molecule has 0 radical (unpaired) electrons. The van der Waals surface area contributed by atoms with Crippen molar-refractivity contribution in [2.45, 2.75) is 47.6 Å². The Labute approximate surface area is 198 Å². The Bertz CT molecular complexity index is 1240. The van der Waals surface area contributed by atoms with E-state index in [1.54, 1.807) is 27.9 Å². The van der Waals surface area contributed by atoms with Crippen molar-refractivity contribution in [2.75, 3.05) is 26.0 Å². The lowest BCUT2D eigenvalue weighted by molar-refractivity contribution is 0.0527. The van der Waals surface area contributed by atoms with E-state index < -0.39 is 5.97 Å². The van der Waals surface area contributed by atoms with Crippen LogP contribution < -0.4 is 5.32 Å². The normalized spacial score (nSPS) is 11.0. The van der Waals surface area contributed by atoms with Crippen molar-refractivity contribution >= 4 is 45.0 Å². The summed E-state index contributed by atoms with van der Waals surface area (Å²) in [5.41, 5.74) is 4.36. The van der Waals surface area contributed by atoms with Crippen LogP contribution >= 0.6 is 11.3 Å². The second-order valence-corrected chi connectivity index (χ2v) is 9.08. The van der Waals surface area contributed by atoms with Crippen molar-refractivity contribution in [1.82, 2.24) is 9.47 Å². The van der Waals surface area contributed by atoms with Gasteiger partial charge in [-0.15, -0.1) is 11.3 Å². The Hall–Kier alpha value is -3.13. The van der Waals surface area contributed by atoms with Gasteiger partial charge in [0.1, 0.15) is 10.7 Å².